The number of amides is 3. The number of nitrogens with zero attached hydrogens (tertiary/aromatic N) is 2. The van der Waals surface area contributed by atoms with Crippen LogP contribution in [0.1, 0.15) is 16.7 Å². The lowest BCUT2D eigenvalue weighted by molar-refractivity contribution is -0.133. The monoisotopic (exact) mass is 525 g/mol. The van der Waals surface area contributed by atoms with Crippen molar-refractivity contribution in [3.63, 3.8) is 0 Å². The number of rotatable bonds is 10. The lowest BCUT2D eigenvalue weighted by Gasteiger charge is -2.27. The van der Waals surface area contributed by atoms with Gasteiger partial charge in [0.25, 0.3) is 0 Å². The van der Waals surface area contributed by atoms with Gasteiger partial charge in [-0.2, -0.15) is 0 Å². The summed E-state index contributed by atoms with van der Waals surface area (Å²) in [7, 11) is 1.52. The molecule has 39 heavy (non-hydrogen) atoms. The molecular weight excluding hydrogens is 494 g/mol. The Morgan fingerprint density at radius 2 is 1.74 bits per heavy atom. The van der Waals surface area contributed by atoms with Crippen LogP contribution in [-0.2, 0) is 17.9 Å². The maximum absolute atomic E-state index is 13.7. The minimum absolute atomic E-state index is 0.0238. The summed E-state index contributed by atoms with van der Waals surface area (Å²) in [6.45, 7) is 5.83. The molecule has 0 unspecified atom stereocenters. The van der Waals surface area contributed by atoms with Crippen molar-refractivity contribution in [3.05, 3.63) is 119 Å². The van der Waals surface area contributed by atoms with E-state index in [2.05, 4.69) is 11.9 Å². The van der Waals surface area contributed by atoms with Crippen LogP contribution in [0.5, 0.6) is 5.75 Å². The van der Waals surface area contributed by atoms with Crippen molar-refractivity contribution < 1.29 is 18.7 Å². The molecule has 200 valence electrons. The fourth-order valence-electron chi connectivity index (χ4n) is 4.22. The predicted molar refractivity (Wildman–Crippen MR) is 152 cm³/mol. The molecule has 1 N–H and O–H groups in total. The Balaban J connectivity index is 1.60. The number of anilines is 1. The average molecular weight is 526 g/mol. The summed E-state index contributed by atoms with van der Waals surface area (Å²) in [6, 6.07) is 21.4. The summed E-state index contributed by atoms with van der Waals surface area (Å²) in [4.78, 5) is 43.0. The van der Waals surface area contributed by atoms with Gasteiger partial charge in [-0.05, 0) is 36.8 Å². The highest BCUT2D eigenvalue weighted by Gasteiger charge is 2.23. The van der Waals surface area contributed by atoms with Gasteiger partial charge in [0.15, 0.2) is 5.43 Å². The number of nitrogens with one attached hydrogen (secondary N) is 1. The van der Waals surface area contributed by atoms with Gasteiger partial charge in [-0.15, -0.1) is 6.58 Å². The number of hydrogen-bond donors (Lipinski definition) is 1. The summed E-state index contributed by atoms with van der Waals surface area (Å²) in [5.74, 6) is 0.166. The highest BCUT2D eigenvalue weighted by molar-refractivity contribution is 5.93. The predicted octanol–water partition coefficient (Wildman–Crippen LogP) is 5.36. The van der Waals surface area contributed by atoms with Gasteiger partial charge in [0, 0.05) is 13.1 Å². The van der Waals surface area contributed by atoms with E-state index in [1.54, 1.807) is 47.4 Å². The van der Waals surface area contributed by atoms with Crippen molar-refractivity contribution in [3.8, 4) is 5.75 Å². The van der Waals surface area contributed by atoms with Crippen LogP contribution in [0.4, 0.5) is 10.5 Å². The molecule has 0 aliphatic rings. The van der Waals surface area contributed by atoms with E-state index in [9.17, 15) is 14.4 Å². The van der Waals surface area contributed by atoms with Gasteiger partial charge >= 0.3 is 6.03 Å². The lowest BCUT2D eigenvalue weighted by Crippen LogP contribution is -2.44. The largest absolute Gasteiger partial charge is 0.495 e. The molecule has 1 heterocycles. The molecule has 8 heteroatoms. The average Bonchev–Trinajstić information content (AvgIpc) is 2.95. The molecule has 0 aliphatic heterocycles. The maximum Gasteiger partial charge on any atom is 0.322 e. The van der Waals surface area contributed by atoms with E-state index in [1.807, 2.05) is 43.3 Å². The number of hydrogen-bond acceptors (Lipinski definition) is 5. The SMILES string of the molecule is C=CCN(CC(=O)N(Cc1ccccc1)Cc1coc2ccc(C)cc2c1=O)C(=O)Nc1ccccc1OC. The summed E-state index contributed by atoms with van der Waals surface area (Å²) in [6.07, 6.45) is 2.96. The number of aryl methyl sites for hydroxylation is 1. The van der Waals surface area contributed by atoms with Gasteiger partial charge in [0.2, 0.25) is 5.91 Å². The fourth-order valence-corrected chi connectivity index (χ4v) is 4.22. The van der Waals surface area contributed by atoms with Gasteiger partial charge in [-0.1, -0.05) is 60.2 Å². The summed E-state index contributed by atoms with van der Waals surface area (Å²) in [5.41, 5.74) is 2.96. The number of benzene rings is 3. The van der Waals surface area contributed by atoms with Gasteiger partial charge < -0.3 is 24.3 Å². The van der Waals surface area contributed by atoms with E-state index in [1.165, 1.54) is 18.3 Å². The standard InChI is InChI=1S/C31H31N3O5/c1-4-16-33(31(37)32-26-12-8-9-13-28(26)38-3)20-29(35)34(18-23-10-6-5-7-11-23)19-24-21-39-27-15-14-22(2)17-25(27)30(24)36/h4-15,17,21H,1,16,18-20H2,2-3H3,(H,32,37). The van der Waals surface area contributed by atoms with E-state index < -0.39 is 6.03 Å². The molecule has 0 saturated carbocycles. The normalized spacial score (nSPS) is 10.6. The molecule has 4 rings (SSSR count). The van der Waals surface area contributed by atoms with E-state index in [0.717, 1.165) is 11.1 Å². The molecule has 0 atom stereocenters. The number of fused-ring (bicyclic) bond motifs is 1. The second-order valence-electron chi connectivity index (χ2n) is 9.12. The van der Waals surface area contributed by atoms with Gasteiger partial charge in [0.1, 0.15) is 17.9 Å². The molecular formula is C31H31N3O5. The summed E-state index contributed by atoms with van der Waals surface area (Å²) < 4.78 is 11.0. The molecule has 1 aromatic heterocycles. The third-order valence-corrected chi connectivity index (χ3v) is 6.24. The van der Waals surface area contributed by atoms with Crippen LogP contribution < -0.4 is 15.5 Å². The molecule has 0 aliphatic carbocycles. The first kappa shape index (κ1) is 27.2. The molecule has 0 radical (unpaired) electrons. The second-order valence-corrected chi connectivity index (χ2v) is 9.12. The number of methoxy groups -OCH3 is 1. The lowest BCUT2D eigenvalue weighted by atomic mass is 10.1. The third kappa shape index (κ3) is 6.73. The Morgan fingerprint density at radius 3 is 2.49 bits per heavy atom. The molecule has 0 fully saturated rings. The van der Waals surface area contributed by atoms with E-state index in [0.29, 0.717) is 28.0 Å². The highest BCUT2D eigenvalue weighted by atomic mass is 16.5. The van der Waals surface area contributed by atoms with Gasteiger partial charge in [0.05, 0.1) is 36.6 Å². The third-order valence-electron chi connectivity index (χ3n) is 6.24. The van der Waals surface area contributed by atoms with E-state index in [4.69, 9.17) is 9.15 Å². The van der Waals surface area contributed by atoms with Crippen molar-refractivity contribution >= 4 is 28.6 Å². The number of carbonyl (C=O) groups is 2. The zero-order valence-electron chi connectivity index (χ0n) is 22.1. The van der Waals surface area contributed by atoms with Crippen LogP contribution in [0.3, 0.4) is 0 Å². The maximum atomic E-state index is 13.7. The van der Waals surface area contributed by atoms with Crippen molar-refractivity contribution in [2.45, 2.75) is 20.0 Å². The molecule has 8 nitrogen and oxygen atoms in total. The Kier molecular flexibility index (Phi) is 8.78. The molecule has 3 amide bonds. The Labute approximate surface area is 227 Å². The van der Waals surface area contributed by atoms with Gasteiger partial charge in [-0.3, -0.25) is 9.59 Å². The van der Waals surface area contributed by atoms with E-state index >= 15 is 0 Å². The van der Waals surface area contributed by atoms with Crippen LogP contribution in [0, 0.1) is 6.92 Å². The van der Waals surface area contributed by atoms with E-state index in [-0.39, 0.29) is 37.5 Å². The van der Waals surface area contributed by atoms with Crippen molar-refractivity contribution in [1.82, 2.24) is 9.80 Å². The molecule has 4 aromatic rings. The molecule has 0 saturated heterocycles. The zero-order valence-corrected chi connectivity index (χ0v) is 22.1. The summed E-state index contributed by atoms with van der Waals surface area (Å²) >= 11 is 0. The first-order valence-corrected chi connectivity index (χ1v) is 12.5. The fraction of sp³-hybridized carbons (Fsp3) is 0.194. The highest BCUT2D eigenvalue weighted by Crippen LogP contribution is 2.23. The van der Waals surface area contributed by atoms with Crippen molar-refractivity contribution in [2.24, 2.45) is 0 Å². The zero-order chi connectivity index (χ0) is 27.8. The van der Waals surface area contributed by atoms with Crippen molar-refractivity contribution in [1.29, 1.82) is 0 Å². The second kappa shape index (κ2) is 12.6. The first-order chi connectivity index (χ1) is 18.9. The minimum atomic E-state index is -0.479. The summed E-state index contributed by atoms with van der Waals surface area (Å²) in [5, 5.41) is 3.27. The van der Waals surface area contributed by atoms with Crippen LogP contribution >= 0.6 is 0 Å². The quantitative estimate of drug-likeness (QED) is 0.282. The number of ether oxygens (including phenoxy) is 1. The van der Waals surface area contributed by atoms with Gasteiger partial charge in [-0.25, -0.2) is 4.79 Å². The number of para-hydroxylation sites is 2. The molecule has 3 aromatic carbocycles. The molecule has 0 spiro atoms. The van der Waals surface area contributed by atoms with Crippen molar-refractivity contribution in [2.75, 3.05) is 25.5 Å². The Morgan fingerprint density at radius 1 is 1.00 bits per heavy atom. The minimum Gasteiger partial charge on any atom is -0.495 e. The molecule has 0 bridgehead atoms. The van der Waals surface area contributed by atoms with Crippen LogP contribution in [0.25, 0.3) is 11.0 Å². The smallest absolute Gasteiger partial charge is 0.322 e. The topological polar surface area (TPSA) is 92.1 Å². The Bertz CT molecular complexity index is 1530. The first-order valence-electron chi connectivity index (χ1n) is 12.5. The number of urea groups is 1. The van der Waals surface area contributed by atoms with Crippen LogP contribution in [0.15, 0.2) is 101 Å². The van der Waals surface area contributed by atoms with Crippen LogP contribution in [-0.4, -0.2) is 41.9 Å². The number of carbonyl (C=O) groups excluding carboxylic acids is 2. The van der Waals surface area contributed by atoms with Crippen LogP contribution in [0.2, 0.25) is 0 Å². The Hall–Kier alpha value is -4.85.